The molecule has 0 aromatic heterocycles. The maximum absolute atomic E-state index is 10.7. The first-order valence-corrected chi connectivity index (χ1v) is 4.62. The van der Waals surface area contributed by atoms with Gasteiger partial charge in [-0.25, -0.2) is 0 Å². The number of aliphatic hydroxyl groups is 1. The molecule has 1 aromatic carbocycles. The van der Waals surface area contributed by atoms with Crippen molar-refractivity contribution >= 4 is 34.7 Å². The Bertz CT molecular complexity index is 377. The largest absolute Gasteiger partial charge is 0.507 e. The van der Waals surface area contributed by atoms with E-state index in [0.29, 0.717) is 15.6 Å². The Labute approximate surface area is 91.8 Å². The minimum Gasteiger partial charge on any atom is -0.507 e. The van der Waals surface area contributed by atoms with Crippen LogP contribution in [0.1, 0.15) is 12.5 Å². The second-order valence-corrected chi connectivity index (χ2v) is 3.67. The second-order valence-electron chi connectivity index (χ2n) is 2.80. The summed E-state index contributed by atoms with van der Waals surface area (Å²) in [6.45, 7) is 1.35. The van der Waals surface area contributed by atoms with Gasteiger partial charge < -0.3 is 5.11 Å². The van der Waals surface area contributed by atoms with Crippen LogP contribution in [-0.2, 0) is 4.79 Å². The predicted octanol–water partition coefficient (Wildman–Crippen LogP) is 3.48. The Balaban J connectivity index is 3.13. The number of carbonyl (C=O) groups excluding carboxylic acids is 1. The average molecular weight is 231 g/mol. The highest BCUT2D eigenvalue weighted by Crippen LogP contribution is 2.22. The van der Waals surface area contributed by atoms with Crippen molar-refractivity contribution in [2.45, 2.75) is 6.92 Å². The van der Waals surface area contributed by atoms with Gasteiger partial charge in [-0.3, -0.25) is 4.79 Å². The minimum absolute atomic E-state index is 0.137. The predicted molar refractivity (Wildman–Crippen MR) is 57.7 cm³/mol. The lowest BCUT2D eigenvalue weighted by atomic mass is 10.1. The molecule has 0 heterocycles. The van der Waals surface area contributed by atoms with Crippen LogP contribution in [0, 0.1) is 0 Å². The van der Waals surface area contributed by atoms with Gasteiger partial charge in [0.15, 0.2) is 5.78 Å². The highest BCUT2D eigenvalue weighted by molar-refractivity contribution is 6.34. The van der Waals surface area contributed by atoms with E-state index >= 15 is 0 Å². The Hall–Kier alpha value is -0.990. The van der Waals surface area contributed by atoms with E-state index in [2.05, 4.69) is 0 Å². The number of ketones is 1. The quantitative estimate of drug-likeness (QED) is 0.624. The molecule has 74 valence electrons. The Morgan fingerprint density at radius 2 is 1.79 bits per heavy atom. The smallest absolute Gasteiger partial charge is 0.156 e. The molecule has 1 aromatic rings. The van der Waals surface area contributed by atoms with Crippen LogP contribution >= 0.6 is 23.2 Å². The van der Waals surface area contributed by atoms with Crippen LogP contribution in [0.4, 0.5) is 0 Å². The van der Waals surface area contributed by atoms with Crippen LogP contribution in [0.15, 0.2) is 24.3 Å². The standard InChI is InChI=1S/C10H8Cl2O2/c1-6(13)2-10(14)7-3-8(11)5-9(12)4-7/h2-5,14H,1H3/b10-2-. The van der Waals surface area contributed by atoms with E-state index in [4.69, 9.17) is 23.2 Å². The van der Waals surface area contributed by atoms with Crippen LogP contribution in [-0.4, -0.2) is 10.9 Å². The van der Waals surface area contributed by atoms with E-state index in [1.165, 1.54) is 19.1 Å². The van der Waals surface area contributed by atoms with Gasteiger partial charge in [0, 0.05) is 21.7 Å². The maximum Gasteiger partial charge on any atom is 0.156 e. The van der Waals surface area contributed by atoms with Gasteiger partial charge in [-0.15, -0.1) is 0 Å². The summed E-state index contributed by atoms with van der Waals surface area (Å²) in [5.74, 6) is -0.375. The summed E-state index contributed by atoms with van der Waals surface area (Å²) in [6.07, 6.45) is 1.11. The molecule has 2 nitrogen and oxygen atoms in total. The molecular formula is C10H8Cl2O2. The van der Waals surface area contributed by atoms with Crippen molar-refractivity contribution in [2.75, 3.05) is 0 Å². The van der Waals surface area contributed by atoms with Crippen molar-refractivity contribution in [3.8, 4) is 0 Å². The first kappa shape index (κ1) is 11.1. The lowest BCUT2D eigenvalue weighted by Crippen LogP contribution is -1.88. The third-order valence-corrected chi connectivity index (χ3v) is 1.93. The Morgan fingerprint density at radius 3 is 2.21 bits per heavy atom. The van der Waals surface area contributed by atoms with E-state index < -0.39 is 0 Å². The summed E-state index contributed by atoms with van der Waals surface area (Å²) in [7, 11) is 0. The number of benzene rings is 1. The van der Waals surface area contributed by atoms with Crippen LogP contribution in [0.5, 0.6) is 0 Å². The van der Waals surface area contributed by atoms with E-state index in [1.54, 1.807) is 6.07 Å². The van der Waals surface area contributed by atoms with Crippen molar-refractivity contribution in [1.82, 2.24) is 0 Å². The van der Waals surface area contributed by atoms with Gasteiger partial charge in [0.1, 0.15) is 5.76 Å². The van der Waals surface area contributed by atoms with Crippen LogP contribution < -0.4 is 0 Å². The third kappa shape index (κ3) is 3.05. The van der Waals surface area contributed by atoms with Gasteiger partial charge in [0.25, 0.3) is 0 Å². The fourth-order valence-corrected chi connectivity index (χ4v) is 1.50. The molecule has 0 radical (unpaired) electrons. The van der Waals surface area contributed by atoms with E-state index in [-0.39, 0.29) is 11.5 Å². The molecule has 0 saturated carbocycles. The van der Waals surface area contributed by atoms with Crippen molar-refractivity contribution in [1.29, 1.82) is 0 Å². The van der Waals surface area contributed by atoms with Gasteiger partial charge in [0.05, 0.1) is 0 Å². The van der Waals surface area contributed by atoms with Crippen LogP contribution in [0.25, 0.3) is 5.76 Å². The second kappa shape index (κ2) is 4.49. The van der Waals surface area contributed by atoms with Gasteiger partial charge >= 0.3 is 0 Å². The summed E-state index contributed by atoms with van der Waals surface area (Å²) in [6, 6.07) is 4.61. The molecule has 0 aliphatic heterocycles. The summed E-state index contributed by atoms with van der Waals surface area (Å²) in [4.78, 5) is 10.7. The number of rotatable bonds is 2. The van der Waals surface area contributed by atoms with Gasteiger partial charge in [-0.2, -0.15) is 0 Å². The molecule has 4 heteroatoms. The zero-order valence-corrected chi connectivity index (χ0v) is 8.93. The molecule has 1 N–H and O–H groups in total. The summed E-state index contributed by atoms with van der Waals surface area (Å²) < 4.78 is 0. The molecule has 14 heavy (non-hydrogen) atoms. The highest BCUT2D eigenvalue weighted by Gasteiger charge is 2.03. The molecule has 0 aliphatic carbocycles. The van der Waals surface area contributed by atoms with Crippen molar-refractivity contribution < 1.29 is 9.90 Å². The number of hydrogen-bond acceptors (Lipinski definition) is 2. The average Bonchev–Trinajstić information content (AvgIpc) is 2.00. The van der Waals surface area contributed by atoms with Crippen molar-refractivity contribution in [3.05, 3.63) is 39.9 Å². The topological polar surface area (TPSA) is 37.3 Å². The number of carbonyl (C=O) groups is 1. The lowest BCUT2D eigenvalue weighted by molar-refractivity contribution is -0.112. The summed E-state index contributed by atoms with van der Waals surface area (Å²) in [5, 5.41) is 10.3. The van der Waals surface area contributed by atoms with Crippen molar-refractivity contribution in [3.63, 3.8) is 0 Å². The van der Waals surface area contributed by atoms with Gasteiger partial charge in [-0.1, -0.05) is 23.2 Å². The molecule has 0 amide bonds. The normalized spacial score (nSPS) is 11.5. The minimum atomic E-state index is -0.237. The van der Waals surface area contributed by atoms with Crippen molar-refractivity contribution in [2.24, 2.45) is 0 Å². The number of allylic oxidation sites excluding steroid dienone is 1. The van der Waals surface area contributed by atoms with Crippen LogP contribution in [0.2, 0.25) is 10.0 Å². The molecule has 0 atom stereocenters. The monoisotopic (exact) mass is 230 g/mol. The molecular weight excluding hydrogens is 223 g/mol. The van der Waals surface area contributed by atoms with Crippen LogP contribution in [0.3, 0.4) is 0 Å². The fraction of sp³-hybridized carbons (Fsp3) is 0.100. The maximum atomic E-state index is 10.7. The first-order valence-electron chi connectivity index (χ1n) is 3.87. The summed E-state index contributed by atoms with van der Waals surface area (Å²) in [5.41, 5.74) is 0.428. The van der Waals surface area contributed by atoms with E-state index in [9.17, 15) is 9.90 Å². The number of halogens is 2. The molecule has 0 unspecified atom stereocenters. The highest BCUT2D eigenvalue weighted by atomic mass is 35.5. The van der Waals surface area contributed by atoms with E-state index in [0.717, 1.165) is 6.08 Å². The zero-order chi connectivity index (χ0) is 10.7. The Kier molecular flexibility index (Phi) is 3.55. The lowest BCUT2D eigenvalue weighted by Gasteiger charge is -2.01. The SMILES string of the molecule is CC(=O)/C=C(\O)c1cc(Cl)cc(Cl)c1. The van der Waals surface area contributed by atoms with E-state index in [1.807, 2.05) is 0 Å². The molecule has 0 fully saturated rings. The number of aliphatic hydroxyl groups excluding tert-OH is 1. The van der Waals surface area contributed by atoms with Gasteiger partial charge in [-0.05, 0) is 25.1 Å². The summed E-state index contributed by atoms with van der Waals surface area (Å²) >= 11 is 11.4. The third-order valence-electron chi connectivity index (χ3n) is 1.50. The molecule has 0 saturated heterocycles. The zero-order valence-electron chi connectivity index (χ0n) is 7.42. The first-order chi connectivity index (χ1) is 6.49. The molecule has 0 spiro atoms. The molecule has 0 bridgehead atoms. The number of hydrogen-bond donors (Lipinski definition) is 1. The Morgan fingerprint density at radius 1 is 1.29 bits per heavy atom. The van der Waals surface area contributed by atoms with Gasteiger partial charge in [0.2, 0.25) is 0 Å². The molecule has 0 aliphatic rings. The fourth-order valence-electron chi connectivity index (χ4n) is 0.978. The molecule has 1 rings (SSSR count).